The van der Waals surface area contributed by atoms with Gasteiger partial charge >= 0.3 is 0 Å². The Kier molecular flexibility index (Phi) is 10.5. The molecule has 3 rings (SSSR count). The highest BCUT2D eigenvalue weighted by molar-refractivity contribution is 5.85. The van der Waals surface area contributed by atoms with Crippen molar-refractivity contribution in [2.45, 2.75) is 19.1 Å². The number of nitrogens with zero attached hydrogens (tertiary/aromatic N) is 3. The molecule has 2 aromatic rings. The molecule has 0 aliphatic carbocycles. The van der Waals surface area contributed by atoms with Crippen LogP contribution in [0.4, 0.5) is 0 Å². The highest BCUT2D eigenvalue weighted by Gasteiger charge is 2.19. The van der Waals surface area contributed by atoms with Gasteiger partial charge in [-0.25, -0.2) is 0 Å². The number of halogens is 2. The standard InChI is InChI=1S/C19H27N5O2.2ClH/c1-20-18(17-12-22-23(2)14-17)19(25)21-11-15-4-3-5-16(10-15)13-24-6-8-26-9-7-24;;/h3-5,10,12,14,18,20H,6-9,11,13H2,1-2H3,(H,21,25);2*1H. The van der Waals surface area contributed by atoms with E-state index in [-0.39, 0.29) is 30.7 Å². The number of ether oxygens (including phenoxy) is 1. The van der Waals surface area contributed by atoms with E-state index in [0.717, 1.165) is 44.0 Å². The van der Waals surface area contributed by atoms with Crippen molar-refractivity contribution in [3.05, 3.63) is 53.3 Å². The lowest BCUT2D eigenvalue weighted by Crippen LogP contribution is -2.36. The number of hydrogen-bond donors (Lipinski definition) is 2. The van der Waals surface area contributed by atoms with Gasteiger partial charge in [0.05, 0.1) is 19.4 Å². The van der Waals surface area contributed by atoms with E-state index in [2.05, 4.69) is 32.8 Å². The zero-order valence-corrected chi connectivity index (χ0v) is 17.9. The van der Waals surface area contributed by atoms with E-state index < -0.39 is 6.04 Å². The number of carbonyl (C=O) groups is 1. The molecule has 0 spiro atoms. The number of carbonyl (C=O) groups excluding carboxylic acids is 1. The molecule has 2 N–H and O–H groups in total. The summed E-state index contributed by atoms with van der Waals surface area (Å²) in [6.45, 7) is 4.96. The van der Waals surface area contributed by atoms with Crippen LogP contribution in [0.15, 0.2) is 36.7 Å². The van der Waals surface area contributed by atoms with E-state index in [0.29, 0.717) is 6.54 Å². The summed E-state index contributed by atoms with van der Waals surface area (Å²) in [7, 11) is 3.62. The van der Waals surface area contributed by atoms with Crippen molar-refractivity contribution in [3.63, 3.8) is 0 Å². The second-order valence-corrected chi connectivity index (χ2v) is 6.60. The maximum Gasteiger partial charge on any atom is 0.242 e. The molecule has 2 heterocycles. The summed E-state index contributed by atoms with van der Waals surface area (Å²) in [5, 5.41) is 10.2. The summed E-state index contributed by atoms with van der Waals surface area (Å²) < 4.78 is 7.09. The van der Waals surface area contributed by atoms with Crippen LogP contribution in [-0.2, 0) is 29.7 Å². The first kappa shape index (κ1) is 24.4. The fraction of sp³-hybridized carbons (Fsp3) is 0.474. The summed E-state index contributed by atoms with van der Waals surface area (Å²) >= 11 is 0. The number of nitrogens with one attached hydrogen (secondary N) is 2. The minimum atomic E-state index is -0.403. The minimum absolute atomic E-state index is 0. The summed E-state index contributed by atoms with van der Waals surface area (Å²) in [5.41, 5.74) is 3.22. The predicted octanol–water partition coefficient (Wildman–Crippen LogP) is 1.67. The third-order valence-electron chi connectivity index (χ3n) is 4.58. The number of rotatable bonds is 7. The average molecular weight is 430 g/mol. The quantitative estimate of drug-likeness (QED) is 0.700. The topological polar surface area (TPSA) is 71.4 Å². The Labute approximate surface area is 178 Å². The zero-order chi connectivity index (χ0) is 18.4. The van der Waals surface area contributed by atoms with Gasteiger partial charge < -0.3 is 15.4 Å². The first-order valence-corrected chi connectivity index (χ1v) is 8.97. The number of aromatic nitrogens is 2. The van der Waals surface area contributed by atoms with Gasteiger partial charge in [0, 0.05) is 45.0 Å². The number of benzene rings is 1. The summed E-state index contributed by atoms with van der Waals surface area (Å²) in [4.78, 5) is 14.9. The van der Waals surface area contributed by atoms with Crippen LogP contribution < -0.4 is 10.6 Å². The Morgan fingerprint density at radius 1 is 1.25 bits per heavy atom. The first-order chi connectivity index (χ1) is 12.7. The van der Waals surface area contributed by atoms with Gasteiger partial charge in [-0.3, -0.25) is 14.4 Å². The molecular formula is C19H29Cl2N5O2. The van der Waals surface area contributed by atoms with Crippen molar-refractivity contribution in [2.24, 2.45) is 7.05 Å². The van der Waals surface area contributed by atoms with Crippen molar-refractivity contribution >= 4 is 30.7 Å². The van der Waals surface area contributed by atoms with Crippen LogP contribution >= 0.6 is 24.8 Å². The summed E-state index contributed by atoms with van der Waals surface area (Å²) in [5.74, 6) is -0.0564. The van der Waals surface area contributed by atoms with Crippen molar-refractivity contribution in [2.75, 3.05) is 33.4 Å². The monoisotopic (exact) mass is 429 g/mol. The number of aryl methyl sites for hydroxylation is 1. The number of morpholine rings is 1. The fourth-order valence-corrected chi connectivity index (χ4v) is 3.19. The zero-order valence-electron chi connectivity index (χ0n) is 16.3. The molecule has 28 heavy (non-hydrogen) atoms. The van der Waals surface area contributed by atoms with E-state index in [1.165, 1.54) is 5.56 Å². The molecule has 1 aromatic heterocycles. The molecule has 0 radical (unpaired) electrons. The Balaban J connectivity index is 0.00000196. The van der Waals surface area contributed by atoms with Gasteiger partial charge in [0.15, 0.2) is 0 Å². The molecule has 0 saturated carbocycles. The van der Waals surface area contributed by atoms with Gasteiger partial charge in [0.1, 0.15) is 6.04 Å². The second kappa shape index (κ2) is 12.0. The van der Waals surface area contributed by atoms with Gasteiger partial charge in [-0.15, -0.1) is 24.8 Å². The molecule has 1 aliphatic heterocycles. The molecule has 1 atom stereocenters. The van der Waals surface area contributed by atoms with Crippen LogP contribution in [0.25, 0.3) is 0 Å². The Hall–Kier alpha value is -1.64. The van der Waals surface area contributed by atoms with Gasteiger partial charge in [0.25, 0.3) is 0 Å². The molecule has 1 aromatic carbocycles. The Morgan fingerprint density at radius 3 is 2.61 bits per heavy atom. The van der Waals surface area contributed by atoms with E-state index in [4.69, 9.17) is 4.74 Å². The highest BCUT2D eigenvalue weighted by atomic mass is 35.5. The number of amides is 1. The lowest BCUT2D eigenvalue weighted by atomic mass is 10.1. The smallest absolute Gasteiger partial charge is 0.242 e. The maximum atomic E-state index is 12.5. The first-order valence-electron chi connectivity index (χ1n) is 8.97. The SMILES string of the molecule is CNC(C(=O)NCc1cccc(CN2CCOCC2)c1)c1cnn(C)c1.Cl.Cl. The molecule has 156 valence electrons. The molecule has 1 aliphatic rings. The molecular weight excluding hydrogens is 401 g/mol. The second-order valence-electron chi connectivity index (χ2n) is 6.60. The van der Waals surface area contributed by atoms with Crippen molar-refractivity contribution in [1.82, 2.24) is 25.3 Å². The van der Waals surface area contributed by atoms with Crippen molar-refractivity contribution in [1.29, 1.82) is 0 Å². The Morgan fingerprint density at radius 2 is 1.96 bits per heavy atom. The van der Waals surface area contributed by atoms with E-state index in [9.17, 15) is 4.79 Å². The lowest BCUT2D eigenvalue weighted by molar-refractivity contribution is -0.123. The summed E-state index contributed by atoms with van der Waals surface area (Å²) in [6.07, 6.45) is 3.56. The highest BCUT2D eigenvalue weighted by Crippen LogP contribution is 2.13. The van der Waals surface area contributed by atoms with Gasteiger partial charge in [-0.05, 0) is 18.2 Å². The molecule has 9 heteroatoms. The van der Waals surface area contributed by atoms with Crippen LogP contribution in [-0.4, -0.2) is 53.9 Å². The fourth-order valence-electron chi connectivity index (χ4n) is 3.19. The molecule has 1 fully saturated rings. The van der Waals surface area contributed by atoms with Gasteiger partial charge in [0.2, 0.25) is 5.91 Å². The van der Waals surface area contributed by atoms with E-state index >= 15 is 0 Å². The Bertz CT molecular complexity index is 735. The van der Waals surface area contributed by atoms with E-state index in [1.807, 2.05) is 25.4 Å². The maximum absolute atomic E-state index is 12.5. The van der Waals surface area contributed by atoms with Crippen molar-refractivity contribution in [3.8, 4) is 0 Å². The van der Waals surface area contributed by atoms with Gasteiger partial charge in [-0.1, -0.05) is 24.3 Å². The van der Waals surface area contributed by atoms with Crippen LogP contribution in [0.1, 0.15) is 22.7 Å². The van der Waals surface area contributed by atoms with Crippen molar-refractivity contribution < 1.29 is 9.53 Å². The van der Waals surface area contributed by atoms with Crippen LogP contribution in [0.2, 0.25) is 0 Å². The van der Waals surface area contributed by atoms with Crippen LogP contribution in [0, 0.1) is 0 Å². The molecule has 7 nitrogen and oxygen atoms in total. The number of hydrogen-bond acceptors (Lipinski definition) is 5. The van der Waals surface area contributed by atoms with Crippen LogP contribution in [0.3, 0.4) is 0 Å². The third-order valence-corrected chi connectivity index (χ3v) is 4.58. The van der Waals surface area contributed by atoms with Crippen LogP contribution in [0.5, 0.6) is 0 Å². The predicted molar refractivity (Wildman–Crippen MR) is 114 cm³/mol. The average Bonchev–Trinajstić information content (AvgIpc) is 3.08. The molecule has 1 amide bonds. The van der Waals surface area contributed by atoms with Gasteiger partial charge in [-0.2, -0.15) is 5.10 Å². The number of likely N-dealkylation sites (N-methyl/N-ethyl adjacent to an activating group) is 1. The third kappa shape index (κ3) is 6.76. The lowest BCUT2D eigenvalue weighted by Gasteiger charge is -2.26. The largest absolute Gasteiger partial charge is 0.379 e. The molecule has 0 bridgehead atoms. The normalized spacial score (nSPS) is 15.2. The van der Waals surface area contributed by atoms with E-state index in [1.54, 1.807) is 17.9 Å². The minimum Gasteiger partial charge on any atom is -0.379 e. The molecule has 1 saturated heterocycles. The molecule has 1 unspecified atom stereocenters. The summed E-state index contributed by atoms with van der Waals surface area (Å²) in [6, 6.07) is 7.98.